The molecule has 0 heterocycles. The van der Waals surface area contributed by atoms with Gasteiger partial charge in [-0.05, 0) is 73.9 Å². The van der Waals surface area contributed by atoms with E-state index < -0.39 is 0 Å². The zero-order valence-electron chi connectivity index (χ0n) is 15.5. The lowest BCUT2D eigenvalue weighted by molar-refractivity contribution is -0.119. The van der Waals surface area contributed by atoms with Crippen LogP contribution in [-0.4, -0.2) is 16.0 Å². The highest BCUT2D eigenvalue weighted by Gasteiger charge is 2.03. The molecule has 2 N–H and O–H groups in total. The smallest absolute Gasteiger partial charge is 0.132 e. The van der Waals surface area contributed by atoms with Crippen molar-refractivity contribution in [2.75, 3.05) is 0 Å². The first kappa shape index (κ1) is 20.0. The van der Waals surface area contributed by atoms with E-state index in [1.165, 1.54) is 11.1 Å². The second kappa shape index (κ2) is 11.3. The van der Waals surface area contributed by atoms with E-state index in [1.54, 1.807) is 24.3 Å². The molecule has 0 spiro atoms. The summed E-state index contributed by atoms with van der Waals surface area (Å²) in [5.41, 5.74) is 2.48. The van der Waals surface area contributed by atoms with E-state index in [0.717, 1.165) is 51.4 Å². The first-order valence-electron chi connectivity index (χ1n) is 9.71. The summed E-state index contributed by atoms with van der Waals surface area (Å²) in [6, 6.07) is 14.7. The molecule has 0 aliphatic rings. The van der Waals surface area contributed by atoms with Crippen molar-refractivity contribution in [1.29, 1.82) is 0 Å². The number of benzene rings is 2. The van der Waals surface area contributed by atoms with Gasteiger partial charge in [0, 0.05) is 12.8 Å². The average Bonchev–Trinajstić information content (AvgIpc) is 2.64. The maximum atomic E-state index is 11.9. The summed E-state index contributed by atoms with van der Waals surface area (Å²) in [6.45, 7) is 0. The Labute approximate surface area is 156 Å². The second-order valence-corrected chi connectivity index (χ2v) is 6.99. The van der Waals surface area contributed by atoms with E-state index in [2.05, 4.69) is 0 Å². The van der Waals surface area contributed by atoms with Crippen LogP contribution in [0.3, 0.4) is 0 Å². The lowest BCUT2D eigenvalue weighted by Crippen LogP contribution is -1.98. The lowest BCUT2D eigenvalue weighted by Gasteiger charge is -2.04. The monoisotopic (exact) mass is 354 g/mol. The molecule has 26 heavy (non-hydrogen) atoms. The Morgan fingerprint density at radius 2 is 0.962 bits per heavy atom. The third-order valence-electron chi connectivity index (χ3n) is 4.71. The molecular formula is C23H30O3. The number of carbonyl (C=O) groups is 1. The third kappa shape index (κ3) is 8.19. The molecule has 0 saturated carbocycles. The van der Waals surface area contributed by atoms with E-state index >= 15 is 0 Å². The summed E-state index contributed by atoms with van der Waals surface area (Å²) in [5, 5.41) is 18.5. The van der Waals surface area contributed by atoms with Gasteiger partial charge in [0.05, 0.1) is 0 Å². The number of Topliss-reactive ketones (excluding diaryl/α,β-unsaturated/α-hetero) is 1. The van der Waals surface area contributed by atoms with Crippen LogP contribution < -0.4 is 0 Å². The summed E-state index contributed by atoms with van der Waals surface area (Å²) < 4.78 is 0. The molecule has 2 aromatic carbocycles. The number of phenolic OH excluding ortho intramolecular Hbond substituents is 2. The van der Waals surface area contributed by atoms with Crippen LogP contribution in [0.25, 0.3) is 0 Å². The Balaban J connectivity index is 1.45. The molecule has 3 heteroatoms. The SMILES string of the molecule is O=C(CCCCCc1ccc(O)cc1)CCCCCc1ccc(O)cc1. The van der Waals surface area contributed by atoms with Crippen molar-refractivity contribution in [3.05, 3.63) is 59.7 Å². The fourth-order valence-corrected chi connectivity index (χ4v) is 3.11. The zero-order valence-corrected chi connectivity index (χ0v) is 15.5. The van der Waals surface area contributed by atoms with Crippen LogP contribution in [0.2, 0.25) is 0 Å². The number of unbranched alkanes of at least 4 members (excludes halogenated alkanes) is 4. The number of ketones is 1. The van der Waals surface area contributed by atoms with Crippen molar-refractivity contribution in [2.45, 2.75) is 64.2 Å². The van der Waals surface area contributed by atoms with Crippen molar-refractivity contribution in [3.63, 3.8) is 0 Å². The van der Waals surface area contributed by atoms with Gasteiger partial charge in [0.1, 0.15) is 17.3 Å². The predicted molar refractivity (Wildman–Crippen MR) is 106 cm³/mol. The normalized spacial score (nSPS) is 10.8. The number of aromatic hydroxyl groups is 2. The second-order valence-electron chi connectivity index (χ2n) is 6.99. The van der Waals surface area contributed by atoms with Crippen molar-refractivity contribution < 1.29 is 15.0 Å². The van der Waals surface area contributed by atoms with E-state index in [1.807, 2.05) is 24.3 Å². The van der Waals surface area contributed by atoms with Gasteiger partial charge >= 0.3 is 0 Å². The number of carbonyl (C=O) groups excluding carboxylic acids is 1. The van der Waals surface area contributed by atoms with Gasteiger partial charge < -0.3 is 10.2 Å². The molecule has 0 saturated heterocycles. The van der Waals surface area contributed by atoms with E-state index in [0.29, 0.717) is 30.1 Å². The first-order chi connectivity index (χ1) is 12.6. The zero-order chi connectivity index (χ0) is 18.6. The third-order valence-corrected chi connectivity index (χ3v) is 4.71. The Bertz CT molecular complexity index is 587. The largest absolute Gasteiger partial charge is 0.508 e. The molecule has 2 rings (SSSR count). The highest BCUT2D eigenvalue weighted by molar-refractivity contribution is 5.78. The fourth-order valence-electron chi connectivity index (χ4n) is 3.11. The Hall–Kier alpha value is -2.29. The van der Waals surface area contributed by atoms with E-state index in [4.69, 9.17) is 0 Å². The van der Waals surface area contributed by atoms with Crippen LogP contribution in [0.15, 0.2) is 48.5 Å². The van der Waals surface area contributed by atoms with Crippen molar-refractivity contribution in [2.24, 2.45) is 0 Å². The molecule has 0 radical (unpaired) electrons. The van der Waals surface area contributed by atoms with E-state index in [-0.39, 0.29) is 0 Å². The molecule has 0 aliphatic carbocycles. The molecular weight excluding hydrogens is 324 g/mol. The van der Waals surface area contributed by atoms with Crippen LogP contribution in [-0.2, 0) is 17.6 Å². The standard InChI is InChI=1S/C23H30O3/c24-21(9-5-1-3-7-19-11-15-22(25)16-12-19)10-6-2-4-8-20-13-17-23(26)18-14-20/h11-18,25-26H,1-10H2. The van der Waals surface area contributed by atoms with Crippen LogP contribution in [0.1, 0.15) is 62.5 Å². The summed E-state index contributed by atoms with van der Waals surface area (Å²) >= 11 is 0. The van der Waals surface area contributed by atoms with Crippen LogP contribution in [0.4, 0.5) is 0 Å². The maximum Gasteiger partial charge on any atom is 0.132 e. The summed E-state index contributed by atoms with van der Waals surface area (Å²) in [6.07, 6.45) is 9.70. The van der Waals surface area contributed by atoms with Gasteiger partial charge in [-0.15, -0.1) is 0 Å². The molecule has 0 bridgehead atoms. The molecule has 140 valence electrons. The van der Waals surface area contributed by atoms with Crippen LogP contribution in [0, 0.1) is 0 Å². The van der Waals surface area contributed by atoms with Gasteiger partial charge in [-0.1, -0.05) is 37.1 Å². The van der Waals surface area contributed by atoms with Gasteiger partial charge in [-0.3, -0.25) is 4.79 Å². The molecule has 2 aromatic rings. The van der Waals surface area contributed by atoms with Crippen molar-refractivity contribution in [3.8, 4) is 11.5 Å². The number of hydrogen-bond donors (Lipinski definition) is 2. The molecule has 0 fully saturated rings. The minimum absolute atomic E-state index is 0.308. The lowest BCUT2D eigenvalue weighted by atomic mass is 10.0. The summed E-state index contributed by atoms with van der Waals surface area (Å²) in [7, 11) is 0. The van der Waals surface area contributed by atoms with Gasteiger partial charge in [0.2, 0.25) is 0 Å². The van der Waals surface area contributed by atoms with Crippen LogP contribution >= 0.6 is 0 Å². The minimum atomic E-state index is 0.308. The molecule has 0 aromatic heterocycles. The number of rotatable bonds is 12. The summed E-state index contributed by atoms with van der Waals surface area (Å²) in [5.74, 6) is 1.00. The molecule has 3 nitrogen and oxygen atoms in total. The number of aryl methyl sites for hydroxylation is 2. The molecule has 0 aliphatic heterocycles. The van der Waals surface area contributed by atoms with Gasteiger partial charge in [0.15, 0.2) is 0 Å². The highest BCUT2D eigenvalue weighted by atomic mass is 16.3. The predicted octanol–water partition coefficient (Wildman–Crippen LogP) is 5.57. The maximum absolute atomic E-state index is 11.9. The fraction of sp³-hybridized carbons (Fsp3) is 0.435. The topological polar surface area (TPSA) is 57.5 Å². The minimum Gasteiger partial charge on any atom is -0.508 e. The quantitative estimate of drug-likeness (QED) is 0.490. The van der Waals surface area contributed by atoms with Gasteiger partial charge in [0.25, 0.3) is 0 Å². The van der Waals surface area contributed by atoms with Crippen molar-refractivity contribution >= 4 is 5.78 Å². The van der Waals surface area contributed by atoms with Gasteiger partial charge in [-0.25, -0.2) is 0 Å². The van der Waals surface area contributed by atoms with Gasteiger partial charge in [-0.2, -0.15) is 0 Å². The Morgan fingerprint density at radius 1 is 0.577 bits per heavy atom. The molecule has 0 amide bonds. The van der Waals surface area contributed by atoms with E-state index in [9.17, 15) is 15.0 Å². The highest BCUT2D eigenvalue weighted by Crippen LogP contribution is 2.15. The average molecular weight is 354 g/mol. The van der Waals surface area contributed by atoms with Crippen molar-refractivity contribution in [1.82, 2.24) is 0 Å². The number of phenols is 2. The van der Waals surface area contributed by atoms with Crippen LogP contribution in [0.5, 0.6) is 11.5 Å². The molecule has 0 atom stereocenters. The summed E-state index contributed by atoms with van der Waals surface area (Å²) in [4.78, 5) is 11.9. The first-order valence-corrected chi connectivity index (χ1v) is 9.71. The number of hydrogen-bond acceptors (Lipinski definition) is 3. The molecule has 0 unspecified atom stereocenters. The Morgan fingerprint density at radius 3 is 1.35 bits per heavy atom. The Kier molecular flexibility index (Phi) is 8.74.